The Hall–Kier alpha value is -0.570. The molecule has 0 heterocycles. The SMILES string of the molecule is CC(NCC1CCCC1C)C(=O)OC(C)(C)C. The van der Waals surface area contributed by atoms with Crippen LogP contribution in [0.3, 0.4) is 0 Å². The monoisotopic (exact) mass is 241 g/mol. The van der Waals surface area contributed by atoms with Gasteiger partial charge in [-0.15, -0.1) is 0 Å². The van der Waals surface area contributed by atoms with Gasteiger partial charge in [0.1, 0.15) is 11.6 Å². The quantitative estimate of drug-likeness (QED) is 0.769. The molecule has 0 aliphatic heterocycles. The molecule has 1 rings (SSSR count). The van der Waals surface area contributed by atoms with Crippen molar-refractivity contribution in [1.82, 2.24) is 5.32 Å². The predicted molar refractivity (Wildman–Crippen MR) is 69.8 cm³/mol. The summed E-state index contributed by atoms with van der Waals surface area (Å²) < 4.78 is 5.34. The summed E-state index contributed by atoms with van der Waals surface area (Å²) in [4.78, 5) is 11.8. The van der Waals surface area contributed by atoms with Gasteiger partial charge >= 0.3 is 5.97 Å². The van der Waals surface area contributed by atoms with Crippen molar-refractivity contribution in [2.45, 2.75) is 65.5 Å². The molecule has 1 N–H and O–H groups in total. The van der Waals surface area contributed by atoms with Gasteiger partial charge in [0.25, 0.3) is 0 Å². The lowest BCUT2D eigenvalue weighted by molar-refractivity contribution is -0.157. The number of nitrogens with one attached hydrogen (secondary N) is 1. The summed E-state index contributed by atoms with van der Waals surface area (Å²) in [7, 11) is 0. The Morgan fingerprint density at radius 2 is 2.06 bits per heavy atom. The molecule has 3 atom stereocenters. The zero-order valence-electron chi connectivity index (χ0n) is 11.9. The van der Waals surface area contributed by atoms with E-state index >= 15 is 0 Å². The van der Waals surface area contributed by atoms with Gasteiger partial charge in [-0.1, -0.05) is 19.8 Å². The first-order valence-corrected chi connectivity index (χ1v) is 6.76. The number of hydrogen-bond donors (Lipinski definition) is 1. The zero-order valence-corrected chi connectivity index (χ0v) is 11.9. The Kier molecular flexibility index (Phi) is 4.99. The van der Waals surface area contributed by atoms with E-state index in [4.69, 9.17) is 4.74 Å². The topological polar surface area (TPSA) is 38.3 Å². The minimum atomic E-state index is -0.395. The molecule has 0 aromatic heterocycles. The minimum absolute atomic E-state index is 0.150. The van der Waals surface area contributed by atoms with E-state index in [0.717, 1.165) is 18.4 Å². The molecule has 0 saturated heterocycles. The highest BCUT2D eigenvalue weighted by atomic mass is 16.6. The third kappa shape index (κ3) is 5.07. The summed E-state index contributed by atoms with van der Waals surface area (Å²) >= 11 is 0. The fourth-order valence-electron chi connectivity index (χ4n) is 2.33. The molecule has 100 valence electrons. The van der Waals surface area contributed by atoms with Gasteiger partial charge in [-0.25, -0.2) is 0 Å². The predicted octanol–water partition coefficient (Wildman–Crippen LogP) is 2.74. The van der Waals surface area contributed by atoms with Crippen LogP contribution in [-0.2, 0) is 9.53 Å². The maximum atomic E-state index is 11.8. The first-order valence-electron chi connectivity index (χ1n) is 6.76. The highest BCUT2D eigenvalue weighted by Crippen LogP contribution is 2.30. The molecule has 1 aliphatic rings. The molecule has 0 spiro atoms. The van der Waals surface area contributed by atoms with Crippen molar-refractivity contribution < 1.29 is 9.53 Å². The molecule has 0 bridgehead atoms. The van der Waals surface area contributed by atoms with Crippen molar-refractivity contribution in [3.05, 3.63) is 0 Å². The molecule has 1 fully saturated rings. The molecule has 1 saturated carbocycles. The fraction of sp³-hybridized carbons (Fsp3) is 0.929. The lowest BCUT2D eigenvalue weighted by Crippen LogP contribution is -2.41. The van der Waals surface area contributed by atoms with Crippen LogP contribution in [0.4, 0.5) is 0 Å². The summed E-state index contributed by atoms with van der Waals surface area (Å²) in [5.74, 6) is 1.36. The van der Waals surface area contributed by atoms with Gasteiger partial charge in [-0.3, -0.25) is 4.79 Å². The van der Waals surface area contributed by atoms with Crippen LogP contribution in [0.15, 0.2) is 0 Å². The van der Waals surface area contributed by atoms with E-state index < -0.39 is 5.60 Å². The van der Waals surface area contributed by atoms with Gasteiger partial charge in [0, 0.05) is 0 Å². The summed E-state index contributed by atoms with van der Waals surface area (Å²) in [6, 6.07) is -0.206. The summed E-state index contributed by atoms with van der Waals surface area (Å²) in [6.45, 7) is 10.8. The summed E-state index contributed by atoms with van der Waals surface area (Å²) in [5, 5.41) is 3.30. The van der Waals surface area contributed by atoms with Gasteiger partial charge < -0.3 is 10.1 Å². The number of hydrogen-bond acceptors (Lipinski definition) is 3. The molecule has 0 amide bonds. The van der Waals surface area contributed by atoms with Gasteiger partial charge in [0.15, 0.2) is 0 Å². The number of carbonyl (C=O) groups excluding carboxylic acids is 1. The van der Waals surface area contributed by atoms with E-state index in [1.807, 2.05) is 27.7 Å². The molecule has 0 aromatic carbocycles. The number of esters is 1. The molecule has 1 aliphatic carbocycles. The second-order valence-electron chi connectivity index (χ2n) is 6.33. The second kappa shape index (κ2) is 5.85. The smallest absolute Gasteiger partial charge is 0.323 e. The van der Waals surface area contributed by atoms with Gasteiger partial charge in [0.2, 0.25) is 0 Å². The molecule has 17 heavy (non-hydrogen) atoms. The van der Waals surface area contributed by atoms with Crippen LogP contribution in [0.1, 0.15) is 53.9 Å². The van der Waals surface area contributed by atoms with E-state index in [2.05, 4.69) is 12.2 Å². The number of ether oxygens (including phenoxy) is 1. The molecule has 3 heteroatoms. The second-order valence-corrected chi connectivity index (χ2v) is 6.33. The van der Waals surface area contributed by atoms with E-state index in [1.54, 1.807) is 0 Å². The Morgan fingerprint density at radius 3 is 2.53 bits per heavy atom. The third-order valence-corrected chi connectivity index (χ3v) is 3.49. The molecule has 3 nitrogen and oxygen atoms in total. The van der Waals surface area contributed by atoms with Crippen molar-refractivity contribution in [2.75, 3.05) is 6.54 Å². The van der Waals surface area contributed by atoms with Crippen LogP contribution in [0.25, 0.3) is 0 Å². The lowest BCUT2D eigenvalue weighted by atomic mass is 9.98. The van der Waals surface area contributed by atoms with E-state index in [1.165, 1.54) is 19.3 Å². The van der Waals surface area contributed by atoms with Crippen LogP contribution in [0.5, 0.6) is 0 Å². The van der Waals surface area contributed by atoms with Crippen molar-refractivity contribution >= 4 is 5.97 Å². The molecular weight excluding hydrogens is 214 g/mol. The highest BCUT2D eigenvalue weighted by Gasteiger charge is 2.26. The Balaban J connectivity index is 2.29. The minimum Gasteiger partial charge on any atom is -0.459 e. The molecular formula is C14H27NO2. The normalized spacial score (nSPS) is 26.9. The average molecular weight is 241 g/mol. The summed E-state index contributed by atoms with van der Waals surface area (Å²) in [5.41, 5.74) is -0.395. The Morgan fingerprint density at radius 1 is 1.41 bits per heavy atom. The standard InChI is InChI=1S/C14H27NO2/c1-10-7-6-8-12(10)9-15-11(2)13(16)17-14(3,4)5/h10-12,15H,6-9H2,1-5H3. The molecule has 0 radical (unpaired) electrons. The molecule has 3 unspecified atom stereocenters. The number of rotatable bonds is 4. The van der Waals surface area contributed by atoms with Gasteiger partial charge in [0.05, 0.1) is 0 Å². The first-order chi connectivity index (χ1) is 7.79. The lowest BCUT2D eigenvalue weighted by Gasteiger charge is -2.24. The average Bonchev–Trinajstić information content (AvgIpc) is 2.57. The van der Waals surface area contributed by atoms with Gasteiger partial charge in [-0.05, 0) is 52.5 Å². The summed E-state index contributed by atoms with van der Waals surface area (Å²) in [6.07, 6.45) is 3.94. The van der Waals surface area contributed by atoms with E-state index in [9.17, 15) is 4.79 Å². The maximum Gasteiger partial charge on any atom is 0.323 e. The largest absolute Gasteiger partial charge is 0.459 e. The fourth-order valence-corrected chi connectivity index (χ4v) is 2.33. The first kappa shape index (κ1) is 14.5. The number of carbonyl (C=O) groups is 1. The van der Waals surface area contributed by atoms with Crippen LogP contribution < -0.4 is 5.32 Å². The van der Waals surface area contributed by atoms with Crippen molar-refractivity contribution in [3.8, 4) is 0 Å². The van der Waals surface area contributed by atoms with Crippen molar-refractivity contribution in [2.24, 2.45) is 11.8 Å². The van der Waals surface area contributed by atoms with E-state index in [-0.39, 0.29) is 12.0 Å². The highest BCUT2D eigenvalue weighted by molar-refractivity contribution is 5.75. The van der Waals surface area contributed by atoms with Crippen LogP contribution >= 0.6 is 0 Å². The molecule has 0 aromatic rings. The van der Waals surface area contributed by atoms with E-state index in [0.29, 0.717) is 0 Å². The van der Waals surface area contributed by atoms with Crippen LogP contribution in [-0.4, -0.2) is 24.2 Å². The van der Waals surface area contributed by atoms with Crippen molar-refractivity contribution in [1.29, 1.82) is 0 Å². The Labute approximate surface area is 105 Å². The third-order valence-electron chi connectivity index (χ3n) is 3.49. The van der Waals surface area contributed by atoms with Crippen LogP contribution in [0, 0.1) is 11.8 Å². The Bertz CT molecular complexity index is 257. The van der Waals surface area contributed by atoms with Crippen molar-refractivity contribution in [3.63, 3.8) is 0 Å². The van der Waals surface area contributed by atoms with Crippen LogP contribution in [0.2, 0.25) is 0 Å². The maximum absolute atomic E-state index is 11.8. The zero-order chi connectivity index (χ0) is 13.1. The van der Waals surface area contributed by atoms with Gasteiger partial charge in [-0.2, -0.15) is 0 Å².